The van der Waals surface area contributed by atoms with Gasteiger partial charge in [0.05, 0.1) is 21.8 Å². The molecule has 1 amide bonds. The zero-order chi connectivity index (χ0) is 21.6. The number of carbonyl (C=O) groups is 2. The molecule has 0 saturated carbocycles. The van der Waals surface area contributed by atoms with Gasteiger partial charge in [0.2, 0.25) is 0 Å². The van der Waals surface area contributed by atoms with Crippen molar-refractivity contribution in [2.45, 2.75) is 38.5 Å². The van der Waals surface area contributed by atoms with E-state index in [1.54, 1.807) is 18.2 Å². The summed E-state index contributed by atoms with van der Waals surface area (Å²) in [6.45, 7) is 5.57. The van der Waals surface area contributed by atoms with Gasteiger partial charge in [-0.2, -0.15) is 0 Å². The van der Waals surface area contributed by atoms with Crippen molar-refractivity contribution < 1.29 is 14.7 Å². The molecule has 2 fully saturated rings. The Morgan fingerprint density at radius 2 is 1.84 bits per heavy atom. The number of nitrogens with zero attached hydrogens (tertiary/aromatic N) is 2. The molecule has 4 rings (SSSR count). The molecule has 2 N–H and O–H groups in total. The van der Waals surface area contributed by atoms with E-state index in [9.17, 15) is 14.7 Å². The van der Waals surface area contributed by atoms with Gasteiger partial charge in [-0.05, 0) is 87.3 Å². The third-order valence-electron chi connectivity index (χ3n) is 6.49. The third kappa shape index (κ3) is 5.66. The van der Waals surface area contributed by atoms with Crippen LogP contribution in [0.5, 0.6) is 0 Å². The van der Waals surface area contributed by atoms with Crippen LogP contribution in [-0.4, -0.2) is 54.6 Å². The summed E-state index contributed by atoms with van der Waals surface area (Å²) in [7, 11) is 0. The van der Waals surface area contributed by atoms with Gasteiger partial charge in [-0.15, -0.1) is 11.3 Å². The van der Waals surface area contributed by atoms with E-state index in [0.29, 0.717) is 10.6 Å². The lowest BCUT2D eigenvalue weighted by molar-refractivity contribution is 0.0696. The van der Waals surface area contributed by atoms with Gasteiger partial charge < -0.3 is 20.2 Å². The number of likely N-dealkylation sites (tertiary alicyclic amines) is 1. The number of carbonyl (C=O) groups excluding carboxylic acids is 1. The average Bonchev–Trinajstić information content (AvgIpc) is 3.34. The van der Waals surface area contributed by atoms with E-state index in [2.05, 4.69) is 15.1 Å². The fourth-order valence-electron chi connectivity index (χ4n) is 4.65. The first kappa shape index (κ1) is 21.8. The molecule has 2 aliphatic heterocycles. The monoisotopic (exact) mass is 441 g/mol. The quantitative estimate of drug-likeness (QED) is 0.646. The number of hydrogen-bond acceptors (Lipinski definition) is 5. The van der Waals surface area contributed by atoms with Gasteiger partial charge in [0, 0.05) is 13.1 Å². The van der Waals surface area contributed by atoms with Crippen molar-refractivity contribution in [2.24, 2.45) is 5.92 Å². The fourth-order valence-corrected chi connectivity index (χ4v) is 5.27. The normalized spacial score (nSPS) is 18.1. The molecule has 1 aromatic heterocycles. The van der Waals surface area contributed by atoms with Crippen LogP contribution in [0.1, 0.15) is 58.6 Å². The van der Waals surface area contributed by atoms with Gasteiger partial charge >= 0.3 is 5.97 Å². The first-order chi connectivity index (χ1) is 15.1. The Kier molecular flexibility index (Phi) is 7.25. The minimum atomic E-state index is -0.991. The Hall–Kier alpha value is -2.38. The number of rotatable bonds is 7. The number of aromatic carboxylic acids is 1. The van der Waals surface area contributed by atoms with Crippen molar-refractivity contribution in [1.82, 2.24) is 4.90 Å². The van der Waals surface area contributed by atoms with Crippen molar-refractivity contribution in [1.29, 1.82) is 0 Å². The second-order valence-corrected chi connectivity index (χ2v) is 9.54. The van der Waals surface area contributed by atoms with E-state index in [0.717, 1.165) is 37.5 Å². The van der Waals surface area contributed by atoms with Crippen LogP contribution in [0, 0.1) is 5.92 Å². The Morgan fingerprint density at radius 3 is 2.52 bits per heavy atom. The molecular weight excluding hydrogens is 410 g/mol. The molecular formula is C24H31N3O3S. The third-order valence-corrected chi connectivity index (χ3v) is 7.36. The smallest absolute Gasteiger partial charge is 0.335 e. The molecule has 0 unspecified atom stereocenters. The van der Waals surface area contributed by atoms with E-state index < -0.39 is 5.97 Å². The van der Waals surface area contributed by atoms with Crippen LogP contribution >= 0.6 is 11.3 Å². The SMILES string of the molecule is O=C(O)c1ccc(N2CCC(CCN3CCCCC3)CC2)c(NC(=O)c2cccs2)c1. The van der Waals surface area contributed by atoms with Crippen molar-refractivity contribution in [3.05, 3.63) is 46.2 Å². The number of thiophene rings is 1. The topological polar surface area (TPSA) is 72.9 Å². The zero-order valence-corrected chi connectivity index (χ0v) is 18.7. The van der Waals surface area contributed by atoms with Crippen LogP contribution < -0.4 is 10.2 Å². The number of nitrogens with one attached hydrogen (secondary N) is 1. The van der Waals surface area contributed by atoms with Gasteiger partial charge in [0.1, 0.15) is 0 Å². The standard InChI is InChI=1S/C24H31N3O3S/c28-23(22-5-4-16-31-22)25-20-17-19(24(29)30)6-7-21(20)27-14-9-18(10-15-27)8-13-26-11-2-1-3-12-26/h4-7,16-18H,1-3,8-15H2,(H,25,28)(H,29,30). The molecule has 0 atom stereocenters. The Morgan fingerprint density at radius 1 is 1.06 bits per heavy atom. The van der Waals surface area contributed by atoms with Gasteiger partial charge in [0.25, 0.3) is 5.91 Å². The van der Waals surface area contributed by atoms with Crippen LogP contribution in [0.2, 0.25) is 0 Å². The summed E-state index contributed by atoms with van der Waals surface area (Å²) in [6, 6.07) is 8.64. The maximum Gasteiger partial charge on any atom is 0.335 e. The van der Waals surface area contributed by atoms with Crippen molar-refractivity contribution in [3.63, 3.8) is 0 Å². The molecule has 31 heavy (non-hydrogen) atoms. The van der Waals surface area contributed by atoms with E-state index in [-0.39, 0.29) is 11.5 Å². The number of benzene rings is 1. The highest BCUT2D eigenvalue weighted by Gasteiger charge is 2.23. The summed E-state index contributed by atoms with van der Waals surface area (Å²) in [5.41, 5.74) is 1.66. The molecule has 166 valence electrons. The molecule has 0 spiro atoms. The maximum atomic E-state index is 12.6. The second-order valence-electron chi connectivity index (χ2n) is 8.59. The number of hydrogen-bond donors (Lipinski definition) is 2. The summed E-state index contributed by atoms with van der Waals surface area (Å²) in [5.74, 6) is -0.453. The van der Waals surface area contributed by atoms with E-state index in [1.165, 1.54) is 56.7 Å². The summed E-state index contributed by atoms with van der Waals surface area (Å²) < 4.78 is 0. The number of anilines is 2. The molecule has 0 aliphatic carbocycles. The van der Waals surface area contributed by atoms with E-state index >= 15 is 0 Å². The number of piperidine rings is 2. The minimum absolute atomic E-state index is 0.182. The predicted octanol–water partition coefficient (Wildman–Crippen LogP) is 4.79. The summed E-state index contributed by atoms with van der Waals surface area (Å²) in [4.78, 5) is 29.6. The summed E-state index contributed by atoms with van der Waals surface area (Å²) >= 11 is 1.37. The first-order valence-corrected chi connectivity index (χ1v) is 12.2. The number of carboxylic acid groups (broad SMARTS) is 1. The van der Waals surface area contributed by atoms with Crippen molar-refractivity contribution >= 4 is 34.6 Å². The molecule has 2 aliphatic rings. The molecule has 3 heterocycles. The van der Waals surface area contributed by atoms with Crippen LogP contribution in [0.15, 0.2) is 35.7 Å². The lowest BCUT2D eigenvalue weighted by Gasteiger charge is -2.36. The van der Waals surface area contributed by atoms with Gasteiger partial charge in [-0.1, -0.05) is 12.5 Å². The highest BCUT2D eigenvalue weighted by atomic mass is 32.1. The Balaban J connectivity index is 1.40. The van der Waals surface area contributed by atoms with Gasteiger partial charge in [-0.3, -0.25) is 4.79 Å². The lowest BCUT2D eigenvalue weighted by Crippen LogP contribution is -2.36. The summed E-state index contributed by atoms with van der Waals surface area (Å²) in [5, 5.41) is 14.2. The second kappa shape index (κ2) is 10.3. The minimum Gasteiger partial charge on any atom is -0.478 e. The molecule has 2 saturated heterocycles. The van der Waals surface area contributed by atoms with Gasteiger partial charge in [-0.25, -0.2) is 4.79 Å². The average molecular weight is 442 g/mol. The molecule has 0 bridgehead atoms. The summed E-state index contributed by atoms with van der Waals surface area (Å²) in [6.07, 6.45) is 7.57. The van der Waals surface area contributed by atoms with E-state index in [1.807, 2.05) is 17.5 Å². The molecule has 2 aromatic rings. The molecule has 6 nitrogen and oxygen atoms in total. The molecule has 7 heteroatoms. The van der Waals surface area contributed by atoms with Crippen molar-refractivity contribution in [2.75, 3.05) is 42.9 Å². The zero-order valence-electron chi connectivity index (χ0n) is 17.9. The Bertz CT molecular complexity index is 885. The van der Waals surface area contributed by atoms with Crippen LogP contribution in [0.3, 0.4) is 0 Å². The van der Waals surface area contributed by atoms with Crippen LogP contribution in [0.4, 0.5) is 11.4 Å². The number of carboxylic acids is 1. The highest BCUT2D eigenvalue weighted by molar-refractivity contribution is 7.12. The van der Waals surface area contributed by atoms with Gasteiger partial charge in [0.15, 0.2) is 0 Å². The largest absolute Gasteiger partial charge is 0.478 e. The lowest BCUT2D eigenvalue weighted by atomic mass is 9.92. The number of amides is 1. The van der Waals surface area contributed by atoms with E-state index in [4.69, 9.17) is 0 Å². The van der Waals surface area contributed by atoms with Crippen molar-refractivity contribution in [3.8, 4) is 0 Å². The predicted molar refractivity (Wildman–Crippen MR) is 126 cm³/mol. The van der Waals surface area contributed by atoms with Crippen LogP contribution in [-0.2, 0) is 0 Å². The maximum absolute atomic E-state index is 12.6. The molecule has 1 aromatic carbocycles. The Labute approximate surface area is 187 Å². The first-order valence-electron chi connectivity index (χ1n) is 11.3. The molecule has 0 radical (unpaired) electrons. The highest BCUT2D eigenvalue weighted by Crippen LogP contribution is 2.32. The fraction of sp³-hybridized carbons (Fsp3) is 0.500. The van der Waals surface area contributed by atoms with Crippen LogP contribution in [0.25, 0.3) is 0 Å².